The molecule has 1 rings (SSSR count). The highest BCUT2D eigenvalue weighted by atomic mass is 16.5. The molecule has 1 unspecified atom stereocenters. The molecule has 0 aliphatic carbocycles. The fourth-order valence-electron chi connectivity index (χ4n) is 2.90. The van der Waals surface area contributed by atoms with E-state index in [1.165, 1.54) is 19.4 Å². The molecule has 1 N–H and O–H groups in total. The van der Waals surface area contributed by atoms with Gasteiger partial charge < -0.3 is 15.0 Å². The number of hydrogen-bond donors (Lipinski definition) is 1. The first kappa shape index (κ1) is 16.9. The highest BCUT2D eigenvalue weighted by molar-refractivity contribution is 4.98. The molecule has 0 aromatic rings. The molecular weight excluding hydrogens is 236 g/mol. The summed E-state index contributed by atoms with van der Waals surface area (Å²) in [5.74, 6) is 0. The van der Waals surface area contributed by atoms with Crippen molar-refractivity contribution in [1.82, 2.24) is 10.2 Å². The topological polar surface area (TPSA) is 24.5 Å². The van der Waals surface area contributed by atoms with Crippen molar-refractivity contribution in [2.24, 2.45) is 0 Å². The SMILES string of the molecule is CC(C)N(C)CCCCNC1CC(C)(C)OC1(C)C. The summed E-state index contributed by atoms with van der Waals surface area (Å²) >= 11 is 0. The summed E-state index contributed by atoms with van der Waals surface area (Å²) in [7, 11) is 2.20. The highest BCUT2D eigenvalue weighted by Crippen LogP contribution is 2.37. The first-order chi connectivity index (χ1) is 8.64. The molecule has 1 atom stereocenters. The molecule has 0 amide bonds. The zero-order valence-corrected chi connectivity index (χ0v) is 14.0. The Bertz CT molecular complexity index is 274. The van der Waals surface area contributed by atoms with E-state index >= 15 is 0 Å². The standard InChI is InChI=1S/C16H34N2O/c1-13(2)18(7)11-9-8-10-17-14-12-15(3,4)19-16(14,5)6/h13-14,17H,8-12H2,1-7H3. The molecular formula is C16H34N2O. The van der Waals surface area contributed by atoms with E-state index in [1.54, 1.807) is 0 Å². The molecule has 1 aliphatic heterocycles. The number of rotatable bonds is 7. The van der Waals surface area contributed by atoms with Crippen LogP contribution in [0.4, 0.5) is 0 Å². The van der Waals surface area contributed by atoms with Crippen molar-refractivity contribution >= 4 is 0 Å². The number of ether oxygens (including phenoxy) is 1. The number of nitrogens with one attached hydrogen (secondary N) is 1. The van der Waals surface area contributed by atoms with Crippen LogP contribution in [0.1, 0.15) is 60.8 Å². The maximum atomic E-state index is 6.10. The van der Waals surface area contributed by atoms with Gasteiger partial charge in [-0.1, -0.05) is 0 Å². The van der Waals surface area contributed by atoms with Gasteiger partial charge in [0.25, 0.3) is 0 Å². The predicted octanol–water partition coefficient (Wildman–Crippen LogP) is 3.04. The molecule has 0 aromatic heterocycles. The zero-order valence-electron chi connectivity index (χ0n) is 14.0. The minimum absolute atomic E-state index is 0.0129. The van der Waals surface area contributed by atoms with Gasteiger partial charge in [-0.25, -0.2) is 0 Å². The summed E-state index contributed by atoms with van der Waals surface area (Å²) in [6.07, 6.45) is 3.61. The van der Waals surface area contributed by atoms with Crippen LogP contribution < -0.4 is 5.32 Å². The van der Waals surface area contributed by atoms with Crippen molar-refractivity contribution in [3.05, 3.63) is 0 Å². The van der Waals surface area contributed by atoms with Gasteiger partial charge in [0.05, 0.1) is 11.2 Å². The van der Waals surface area contributed by atoms with Gasteiger partial charge in [0.2, 0.25) is 0 Å². The van der Waals surface area contributed by atoms with E-state index in [2.05, 4.69) is 58.8 Å². The van der Waals surface area contributed by atoms with E-state index < -0.39 is 0 Å². The second-order valence-corrected chi connectivity index (χ2v) is 7.46. The van der Waals surface area contributed by atoms with E-state index in [0.29, 0.717) is 12.1 Å². The molecule has 0 aromatic carbocycles. The van der Waals surface area contributed by atoms with Gasteiger partial charge in [-0.3, -0.25) is 0 Å². The van der Waals surface area contributed by atoms with Gasteiger partial charge in [0.1, 0.15) is 0 Å². The Balaban J connectivity index is 2.20. The largest absolute Gasteiger partial charge is 0.368 e. The normalized spacial score (nSPS) is 25.4. The Hall–Kier alpha value is -0.120. The van der Waals surface area contributed by atoms with Gasteiger partial charge in [-0.2, -0.15) is 0 Å². The second kappa shape index (κ2) is 6.55. The first-order valence-electron chi connectivity index (χ1n) is 7.78. The summed E-state index contributed by atoms with van der Waals surface area (Å²) < 4.78 is 6.10. The lowest BCUT2D eigenvalue weighted by Crippen LogP contribution is -2.43. The summed E-state index contributed by atoms with van der Waals surface area (Å²) in [6.45, 7) is 15.6. The summed E-state index contributed by atoms with van der Waals surface area (Å²) in [6, 6.07) is 1.13. The van der Waals surface area contributed by atoms with Crippen LogP contribution in [0.25, 0.3) is 0 Å². The van der Waals surface area contributed by atoms with Gasteiger partial charge in [0, 0.05) is 12.1 Å². The quantitative estimate of drug-likeness (QED) is 0.720. The average molecular weight is 270 g/mol. The third-order valence-electron chi connectivity index (χ3n) is 4.28. The Morgan fingerprint density at radius 3 is 2.32 bits per heavy atom. The van der Waals surface area contributed by atoms with Crippen molar-refractivity contribution in [3.8, 4) is 0 Å². The fourth-order valence-corrected chi connectivity index (χ4v) is 2.90. The van der Waals surface area contributed by atoms with Crippen LogP contribution in [0.5, 0.6) is 0 Å². The molecule has 1 saturated heterocycles. The molecule has 0 spiro atoms. The van der Waals surface area contributed by atoms with E-state index in [0.717, 1.165) is 13.0 Å². The number of unbranched alkanes of at least 4 members (excludes halogenated alkanes) is 1. The molecule has 0 saturated carbocycles. The summed E-state index contributed by atoms with van der Waals surface area (Å²) in [5.41, 5.74) is -0.0305. The van der Waals surface area contributed by atoms with E-state index in [9.17, 15) is 0 Å². The van der Waals surface area contributed by atoms with Crippen LogP contribution in [-0.2, 0) is 4.74 Å². The predicted molar refractivity (Wildman–Crippen MR) is 82.7 cm³/mol. The van der Waals surface area contributed by atoms with Crippen molar-refractivity contribution in [2.75, 3.05) is 20.1 Å². The Kier molecular flexibility index (Phi) is 5.84. The number of hydrogen-bond acceptors (Lipinski definition) is 3. The minimum atomic E-state index is -0.0434. The van der Waals surface area contributed by atoms with Crippen LogP contribution in [0, 0.1) is 0 Å². The van der Waals surface area contributed by atoms with Crippen molar-refractivity contribution < 1.29 is 4.74 Å². The molecule has 1 fully saturated rings. The molecule has 1 aliphatic rings. The second-order valence-electron chi connectivity index (χ2n) is 7.46. The zero-order chi connectivity index (χ0) is 14.7. The third-order valence-corrected chi connectivity index (χ3v) is 4.28. The van der Waals surface area contributed by atoms with Crippen LogP contribution in [0.2, 0.25) is 0 Å². The van der Waals surface area contributed by atoms with E-state index in [-0.39, 0.29) is 11.2 Å². The van der Waals surface area contributed by atoms with Crippen LogP contribution >= 0.6 is 0 Å². The number of nitrogens with zero attached hydrogens (tertiary/aromatic N) is 1. The molecule has 0 bridgehead atoms. The lowest BCUT2D eigenvalue weighted by Gasteiger charge is -2.28. The van der Waals surface area contributed by atoms with Crippen LogP contribution in [-0.4, -0.2) is 48.3 Å². The highest BCUT2D eigenvalue weighted by Gasteiger charge is 2.45. The monoisotopic (exact) mass is 270 g/mol. The van der Waals surface area contributed by atoms with E-state index in [4.69, 9.17) is 4.74 Å². The first-order valence-corrected chi connectivity index (χ1v) is 7.78. The lowest BCUT2D eigenvalue weighted by atomic mass is 9.94. The molecule has 0 radical (unpaired) electrons. The van der Waals surface area contributed by atoms with Gasteiger partial charge in [0.15, 0.2) is 0 Å². The summed E-state index contributed by atoms with van der Waals surface area (Å²) in [5, 5.41) is 3.69. The maximum absolute atomic E-state index is 6.10. The van der Waals surface area contributed by atoms with Crippen molar-refractivity contribution in [1.29, 1.82) is 0 Å². The van der Waals surface area contributed by atoms with Crippen molar-refractivity contribution in [3.63, 3.8) is 0 Å². The average Bonchev–Trinajstić information content (AvgIpc) is 2.45. The Morgan fingerprint density at radius 2 is 1.84 bits per heavy atom. The van der Waals surface area contributed by atoms with Gasteiger partial charge in [-0.15, -0.1) is 0 Å². The molecule has 3 nitrogen and oxygen atoms in total. The third kappa shape index (κ3) is 5.41. The molecule has 19 heavy (non-hydrogen) atoms. The molecule has 3 heteroatoms. The Morgan fingerprint density at radius 1 is 1.21 bits per heavy atom. The van der Waals surface area contributed by atoms with Gasteiger partial charge >= 0.3 is 0 Å². The lowest BCUT2D eigenvalue weighted by molar-refractivity contribution is -0.0697. The van der Waals surface area contributed by atoms with Crippen LogP contribution in [0.15, 0.2) is 0 Å². The molecule has 1 heterocycles. The fraction of sp³-hybridized carbons (Fsp3) is 1.00. The Labute approximate surface area is 120 Å². The summed E-state index contributed by atoms with van der Waals surface area (Å²) in [4.78, 5) is 2.41. The van der Waals surface area contributed by atoms with E-state index in [1.807, 2.05) is 0 Å². The maximum Gasteiger partial charge on any atom is 0.0787 e. The van der Waals surface area contributed by atoms with Gasteiger partial charge in [-0.05, 0) is 80.9 Å². The molecule has 114 valence electrons. The minimum Gasteiger partial charge on any atom is -0.368 e. The smallest absolute Gasteiger partial charge is 0.0787 e. The van der Waals surface area contributed by atoms with Crippen LogP contribution in [0.3, 0.4) is 0 Å². The van der Waals surface area contributed by atoms with Crippen molar-refractivity contribution in [2.45, 2.75) is 84.1 Å².